The SMILES string of the molecule is COc1ccc(C(=O)OCC(=O)NCCCc2ccccc2)cc1S(=O)(=O)Nc1ccc(C)cc1. The van der Waals surface area contributed by atoms with Crippen molar-refractivity contribution in [3.05, 3.63) is 89.5 Å². The third-order valence-corrected chi connectivity index (χ3v) is 6.54. The minimum Gasteiger partial charge on any atom is -0.495 e. The smallest absolute Gasteiger partial charge is 0.338 e. The van der Waals surface area contributed by atoms with Crippen molar-refractivity contribution in [3.63, 3.8) is 0 Å². The van der Waals surface area contributed by atoms with E-state index in [4.69, 9.17) is 9.47 Å². The Morgan fingerprint density at radius 1 is 0.943 bits per heavy atom. The summed E-state index contributed by atoms with van der Waals surface area (Å²) in [7, 11) is -2.72. The molecule has 3 aromatic carbocycles. The number of esters is 1. The number of nitrogens with one attached hydrogen (secondary N) is 2. The van der Waals surface area contributed by atoms with Crippen LogP contribution in [0.1, 0.15) is 27.9 Å². The van der Waals surface area contributed by atoms with Gasteiger partial charge in [0.05, 0.1) is 12.7 Å². The summed E-state index contributed by atoms with van der Waals surface area (Å²) in [5, 5.41) is 2.70. The predicted molar refractivity (Wildman–Crippen MR) is 133 cm³/mol. The number of rotatable bonds is 11. The molecule has 2 N–H and O–H groups in total. The number of sulfonamides is 1. The normalized spacial score (nSPS) is 10.9. The van der Waals surface area contributed by atoms with Crippen LogP contribution in [0.25, 0.3) is 0 Å². The quantitative estimate of drug-likeness (QED) is 0.309. The second-order valence-corrected chi connectivity index (χ2v) is 9.50. The van der Waals surface area contributed by atoms with Crippen LogP contribution in [-0.2, 0) is 26.0 Å². The third kappa shape index (κ3) is 7.58. The van der Waals surface area contributed by atoms with E-state index in [9.17, 15) is 18.0 Å². The Morgan fingerprint density at radius 3 is 2.34 bits per heavy atom. The maximum Gasteiger partial charge on any atom is 0.338 e. The van der Waals surface area contributed by atoms with Crippen molar-refractivity contribution in [1.82, 2.24) is 5.32 Å². The molecule has 9 heteroatoms. The van der Waals surface area contributed by atoms with Gasteiger partial charge in [-0.3, -0.25) is 9.52 Å². The first-order valence-electron chi connectivity index (χ1n) is 11.0. The molecule has 3 aromatic rings. The van der Waals surface area contributed by atoms with Gasteiger partial charge in [-0.1, -0.05) is 48.0 Å². The molecule has 0 heterocycles. The van der Waals surface area contributed by atoms with Crippen LogP contribution in [0, 0.1) is 6.92 Å². The fraction of sp³-hybridized carbons (Fsp3) is 0.231. The first-order chi connectivity index (χ1) is 16.8. The molecule has 0 atom stereocenters. The van der Waals surface area contributed by atoms with Gasteiger partial charge in [0.25, 0.3) is 15.9 Å². The molecule has 0 aromatic heterocycles. The lowest BCUT2D eigenvalue weighted by Gasteiger charge is -2.13. The molecule has 0 saturated carbocycles. The van der Waals surface area contributed by atoms with Crippen molar-refractivity contribution in [3.8, 4) is 5.75 Å². The van der Waals surface area contributed by atoms with E-state index >= 15 is 0 Å². The Labute approximate surface area is 205 Å². The van der Waals surface area contributed by atoms with Crippen molar-refractivity contribution >= 4 is 27.6 Å². The van der Waals surface area contributed by atoms with Crippen molar-refractivity contribution in [2.24, 2.45) is 0 Å². The molecule has 35 heavy (non-hydrogen) atoms. The molecule has 0 unspecified atom stereocenters. The van der Waals surface area contributed by atoms with Crippen LogP contribution in [0.4, 0.5) is 5.69 Å². The monoisotopic (exact) mass is 496 g/mol. The summed E-state index contributed by atoms with van der Waals surface area (Å²) in [6.45, 7) is 1.86. The number of methoxy groups -OCH3 is 1. The van der Waals surface area contributed by atoms with E-state index in [2.05, 4.69) is 10.0 Å². The molecule has 3 rings (SSSR count). The van der Waals surface area contributed by atoms with Gasteiger partial charge in [-0.15, -0.1) is 0 Å². The first kappa shape index (κ1) is 25.8. The number of carbonyl (C=O) groups excluding carboxylic acids is 2. The molecule has 0 bridgehead atoms. The maximum absolute atomic E-state index is 12.9. The fourth-order valence-electron chi connectivity index (χ4n) is 3.28. The lowest BCUT2D eigenvalue weighted by molar-refractivity contribution is -0.124. The highest BCUT2D eigenvalue weighted by Gasteiger charge is 2.23. The summed E-state index contributed by atoms with van der Waals surface area (Å²) in [5.41, 5.74) is 2.51. The third-order valence-electron chi connectivity index (χ3n) is 5.13. The number of aryl methyl sites for hydroxylation is 2. The molecule has 8 nitrogen and oxygen atoms in total. The van der Waals surface area contributed by atoms with Gasteiger partial charge in [-0.2, -0.15) is 0 Å². The summed E-state index contributed by atoms with van der Waals surface area (Å²) < 4.78 is 38.6. The van der Waals surface area contributed by atoms with Crippen molar-refractivity contribution < 1.29 is 27.5 Å². The Hall–Kier alpha value is -3.85. The second-order valence-electron chi connectivity index (χ2n) is 7.85. The minimum atomic E-state index is -4.06. The van der Waals surface area contributed by atoms with Crippen LogP contribution in [0.2, 0.25) is 0 Å². The standard InChI is InChI=1S/C26H28N2O6S/c1-19-10-13-22(14-11-19)28-35(31,32)24-17-21(12-15-23(24)33-2)26(30)34-18-25(29)27-16-6-9-20-7-4-3-5-8-20/h3-5,7-8,10-15,17,28H,6,9,16,18H2,1-2H3,(H,27,29). The number of ether oxygens (including phenoxy) is 2. The molecule has 0 fully saturated rings. The average molecular weight is 497 g/mol. The van der Waals surface area contributed by atoms with Gasteiger partial charge in [-0.05, 0) is 55.7 Å². The summed E-state index contributed by atoms with van der Waals surface area (Å²) >= 11 is 0. The van der Waals surface area contributed by atoms with Gasteiger partial charge in [0.1, 0.15) is 10.6 Å². The van der Waals surface area contributed by atoms with Crippen molar-refractivity contribution in [2.45, 2.75) is 24.7 Å². The molecular formula is C26H28N2O6S. The second kappa shape index (κ2) is 12.0. The van der Waals surface area contributed by atoms with E-state index in [0.717, 1.165) is 24.5 Å². The lowest BCUT2D eigenvalue weighted by atomic mass is 10.1. The largest absolute Gasteiger partial charge is 0.495 e. The van der Waals surface area contributed by atoms with Gasteiger partial charge < -0.3 is 14.8 Å². The van der Waals surface area contributed by atoms with Gasteiger partial charge in [0, 0.05) is 12.2 Å². The van der Waals surface area contributed by atoms with Crippen LogP contribution in [0.3, 0.4) is 0 Å². The Morgan fingerprint density at radius 2 is 1.66 bits per heavy atom. The lowest BCUT2D eigenvalue weighted by Crippen LogP contribution is -2.29. The van der Waals surface area contributed by atoms with Crippen LogP contribution >= 0.6 is 0 Å². The number of hydrogen-bond acceptors (Lipinski definition) is 6. The van der Waals surface area contributed by atoms with Gasteiger partial charge in [0.2, 0.25) is 0 Å². The zero-order chi connectivity index (χ0) is 25.3. The number of anilines is 1. The minimum absolute atomic E-state index is 0.0213. The highest BCUT2D eigenvalue weighted by atomic mass is 32.2. The van der Waals surface area contributed by atoms with Gasteiger partial charge in [0.15, 0.2) is 6.61 Å². The fourth-order valence-corrected chi connectivity index (χ4v) is 4.53. The summed E-state index contributed by atoms with van der Waals surface area (Å²) in [5.74, 6) is -1.19. The van der Waals surface area contributed by atoms with E-state index < -0.39 is 28.5 Å². The van der Waals surface area contributed by atoms with E-state index in [0.29, 0.717) is 12.2 Å². The summed E-state index contributed by atoms with van der Waals surface area (Å²) in [4.78, 5) is 24.3. The Balaban J connectivity index is 1.57. The Bertz CT molecular complexity index is 1260. The highest BCUT2D eigenvalue weighted by molar-refractivity contribution is 7.92. The van der Waals surface area contributed by atoms with Crippen molar-refractivity contribution in [2.75, 3.05) is 25.0 Å². The highest BCUT2D eigenvalue weighted by Crippen LogP contribution is 2.27. The average Bonchev–Trinajstić information content (AvgIpc) is 2.86. The maximum atomic E-state index is 12.9. The van der Waals surface area contributed by atoms with Crippen LogP contribution in [0.15, 0.2) is 77.7 Å². The molecule has 1 amide bonds. The molecule has 0 aliphatic heterocycles. The molecule has 0 aliphatic carbocycles. The molecule has 0 aliphatic rings. The number of hydrogen-bond donors (Lipinski definition) is 2. The van der Waals surface area contributed by atoms with Crippen LogP contribution in [0.5, 0.6) is 5.75 Å². The van der Waals surface area contributed by atoms with E-state index in [1.54, 1.807) is 24.3 Å². The molecule has 0 radical (unpaired) electrons. The molecular weight excluding hydrogens is 468 g/mol. The predicted octanol–water partition coefficient (Wildman–Crippen LogP) is 3.71. The van der Waals surface area contributed by atoms with E-state index in [-0.39, 0.29) is 16.2 Å². The van der Waals surface area contributed by atoms with Gasteiger partial charge in [-0.25, -0.2) is 13.2 Å². The Kier molecular flexibility index (Phi) is 8.86. The van der Waals surface area contributed by atoms with E-state index in [1.165, 1.54) is 24.8 Å². The molecule has 184 valence electrons. The van der Waals surface area contributed by atoms with Gasteiger partial charge >= 0.3 is 5.97 Å². The van der Waals surface area contributed by atoms with Crippen molar-refractivity contribution in [1.29, 1.82) is 0 Å². The number of carbonyl (C=O) groups is 2. The van der Waals surface area contributed by atoms with Crippen LogP contribution in [-0.4, -0.2) is 40.6 Å². The van der Waals surface area contributed by atoms with E-state index in [1.807, 2.05) is 37.3 Å². The summed E-state index contributed by atoms with van der Waals surface area (Å²) in [6, 6.07) is 20.6. The molecule has 0 spiro atoms. The summed E-state index contributed by atoms with van der Waals surface area (Å²) in [6.07, 6.45) is 1.57. The molecule has 0 saturated heterocycles. The first-order valence-corrected chi connectivity index (χ1v) is 12.5. The topological polar surface area (TPSA) is 111 Å². The zero-order valence-electron chi connectivity index (χ0n) is 19.6. The number of benzene rings is 3. The zero-order valence-corrected chi connectivity index (χ0v) is 20.4. The number of amides is 1. The van der Waals surface area contributed by atoms with Crippen LogP contribution < -0.4 is 14.8 Å².